The van der Waals surface area contributed by atoms with Crippen molar-refractivity contribution < 1.29 is 9.90 Å². The standard InChI is InChI=1S/C15H9ClN2O2S/c16-10-6-7-11(17-8-10)14-18-12(13(21-14)15(19)20)9-4-2-1-3-5-9/h1-8H,(H,19,20). The topological polar surface area (TPSA) is 63.1 Å². The van der Waals surface area contributed by atoms with Crippen LogP contribution in [0, 0.1) is 0 Å². The molecular weight excluding hydrogens is 308 g/mol. The number of nitrogens with zero attached hydrogens (tertiary/aromatic N) is 2. The van der Waals surface area contributed by atoms with E-state index in [4.69, 9.17) is 11.6 Å². The van der Waals surface area contributed by atoms with Crippen LogP contribution < -0.4 is 0 Å². The summed E-state index contributed by atoms with van der Waals surface area (Å²) < 4.78 is 0. The van der Waals surface area contributed by atoms with Crippen LogP contribution in [0.2, 0.25) is 5.02 Å². The van der Waals surface area contributed by atoms with Crippen LogP contribution in [-0.4, -0.2) is 21.0 Å². The zero-order chi connectivity index (χ0) is 14.8. The maximum Gasteiger partial charge on any atom is 0.348 e. The number of benzene rings is 1. The minimum atomic E-state index is -0.994. The number of rotatable bonds is 3. The first-order valence-corrected chi connectivity index (χ1v) is 7.26. The van der Waals surface area contributed by atoms with E-state index in [2.05, 4.69) is 9.97 Å². The molecule has 0 aliphatic rings. The third-order valence-electron chi connectivity index (χ3n) is 2.82. The van der Waals surface area contributed by atoms with Gasteiger partial charge in [0, 0.05) is 11.8 Å². The minimum absolute atomic E-state index is 0.202. The van der Waals surface area contributed by atoms with E-state index in [0.717, 1.165) is 16.9 Å². The average Bonchev–Trinajstić information content (AvgIpc) is 2.94. The van der Waals surface area contributed by atoms with E-state index in [1.165, 1.54) is 6.20 Å². The molecule has 0 fully saturated rings. The van der Waals surface area contributed by atoms with Crippen LogP contribution in [0.15, 0.2) is 48.7 Å². The molecule has 1 aromatic carbocycles. The molecule has 3 aromatic rings. The summed E-state index contributed by atoms with van der Waals surface area (Å²) in [5, 5.41) is 10.4. The third kappa shape index (κ3) is 2.79. The molecule has 0 aliphatic carbocycles. The predicted octanol–water partition coefficient (Wildman–Crippen LogP) is 4.22. The van der Waals surface area contributed by atoms with E-state index in [9.17, 15) is 9.90 Å². The van der Waals surface area contributed by atoms with Crippen molar-refractivity contribution in [1.29, 1.82) is 0 Å². The molecule has 0 atom stereocenters. The molecule has 0 unspecified atom stereocenters. The number of pyridine rings is 1. The largest absolute Gasteiger partial charge is 0.477 e. The number of carboxylic acids is 1. The number of thiazole rings is 1. The number of aromatic nitrogens is 2. The maximum absolute atomic E-state index is 11.4. The molecule has 2 heterocycles. The molecule has 0 saturated carbocycles. The zero-order valence-electron chi connectivity index (χ0n) is 10.7. The molecule has 0 bridgehead atoms. The van der Waals surface area contributed by atoms with Crippen molar-refractivity contribution in [2.24, 2.45) is 0 Å². The van der Waals surface area contributed by atoms with Gasteiger partial charge in [-0.05, 0) is 12.1 Å². The van der Waals surface area contributed by atoms with E-state index >= 15 is 0 Å². The summed E-state index contributed by atoms with van der Waals surface area (Å²) in [6.07, 6.45) is 1.51. The average molecular weight is 317 g/mol. The molecule has 0 spiro atoms. The monoisotopic (exact) mass is 316 g/mol. The van der Waals surface area contributed by atoms with Gasteiger partial charge >= 0.3 is 5.97 Å². The second-order valence-electron chi connectivity index (χ2n) is 4.23. The zero-order valence-corrected chi connectivity index (χ0v) is 12.2. The number of hydrogen-bond donors (Lipinski definition) is 1. The van der Waals surface area contributed by atoms with Crippen LogP contribution in [0.5, 0.6) is 0 Å². The lowest BCUT2D eigenvalue weighted by molar-refractivity contribution is 0.0702. The van der Waals surface area contributed by atoms with Gasteiger partial charge in [0.2, 0.25) is 0 Å². The minimum Gasteiger partial charge on any atom is -0.477 e. The lowest BCUT2D eigenvalue weighted by atomic mass is 10.1. The van der Waals surface area contributed by atoms with Crippen molar-refractivity contribution in [2.75, 3.05) is 0 Å². The van der Waals surface area contributed by atoms with E-state index in [-0.39, 0.29) is 4.88 Å². The first-order valence-electron chi connectivity index (χ1n) is 6.06. The third-order valence-corrected chi connectivity index (χ3v) is 4.10. The lowest BCUT2D eigenvalue weighted by Gasteiger charge is -1.97. The Balaban J connectivity index is 2.13. The second-order valence-corrected chi connectivity index (χ2v) is 5.67. The summed E-state index contributed by atoms with van der Waals surface area (Å²) in [7, 11) is 0. The number of carbonyl (C=O) groups is 1. The molecule has 21 heavy (non-hydrogen) atoms. The molecule has 3 rings (SSSR count). The number of aromatic carboxylic acids is 1. The smallest absolute Gasteiger partial charge is 0.348 e. The van der Waals surface area contributed by atoms with Crippen molar-refractivity contribution >= 4 is 28.9 Å². The van der Waals surface area contributed by atoms with Crippen LogP contribution >= 0.6 is 22.9 Å². The normalized spacial score (nSPS) is 10.5. The van der Waals surface area contributed by atoms with Gasteiger partial charge in [-0.2, -0.15) is 0 Å². The summed E-state index contributed by atoms with van der Waals surface area (Å²) in [5.41, 5.74) is 1.83. The Morgan fingerprint density at radius 1 is 1.14 bits per heavy atom. The Morgan fingerprint density at radius 3 is 2.52 bits per heavy atom. The van der Waals surface area contributed by atoms with Gasteiger partial charge in [-0.15, -0.1) is 11.3 Å². The van der Waals surface area contributed by atoms with Gasteiger partial charge in [0.05, 0.1) is 16.4 Å². The summed E-state index contributed by atoms with van der Waals surface area (Å²) in [6, 6.07) is 12.7. The highest BCUT2D eigenvalue weighted by Gasteiger charge is 2.19. The Kier molecular flexibility index (Phi) is 3.68. The highest BCUT2D eigenvalue weighted by atomic mass is 35.5. The lowest BCUT2D eigenvalue weighted by Crippen LogP contribution is -1.95. The van der Waals surface area contributed by atoms with Gasteiger partial charge in [-0.3, -0.25) is 4.98 Å². The summed E-state index contributed by atoms with van der Waals surface area (Å²) in [5.74, 6) is -0.994. The maximum atomic E-state index is 11.4. The molecule has 104 valence electrons. The SMILES string of the molecule is O=C(O)c1sc(-c2ccc(Cl)cn2)nc1-c1ccccc1. The first-order chi connectivity index (χ1) is 10.1. The number of hydrogen-bond acceptors (Lipinski definition) is 4. The highest BCUT2D eigenvalue weighted by Crippen LogP contribution is 2.33. The fourth-order valence-corrected chi connectivity index (χ4v) is 2.88. The van der Waals surface area contributed by atoms with Crippen molar-refractivity contribution in [2.45, 2.75) is 0 Å². The quantitative estimate of drug-likeness (QED) is 0.785. The van der Waals surface area contributed by atoms with Crippen LogP contribution in [0.3, 0.4) is 0 Å². The fraction of sp³-hybridized carbons (Fsp3) is 0. The van der Waals surface area contributed by atoms with Crippen molar-refractivity contribution in [3.8, 4) is 22.0 Å². The van der Waals surface area contributed by atoms with Gasteiger partial charge in [0.25, 0.3) is 0 Å². The molecule has 0 amide bonds. The molecule has 0 saturated heterocycles. The summed E-state index contributed by atoms with van der Waals surface area (Å²) in [6.45, 7) is 0. The van der Waals surface area contributed by atoms with E-state index in [1.807, 2.05) is 30.3 Å². The van der Waals surface area contributed by atoms with Crippen LogP contribution in [0.1, 0.15) is 9.67 Å². The Morgan fingerprint density at radius 2 is 1.90 bits per heavy atom. The fourth-order valence-electron chi connectivity index (χ4n) is 1.87. The van der Waals surface area contributed by atoms with Gasteiger partial charge < -0.3 is 5.11 Å². The molecule has 0 radical (unpaired) electrons. The molecule has 0 aliphatic heterocycles. The molecule has 6 heteroatoms. The molecular formula is C15H9ClN2O2S. The van der Waals surface area contributed by atoms with Gasteiger partial charge in [0.1, 0.15) is 9.88 Å². The van der Waals surface area contributed by atoms with E-state index < -0.39 is 5.97 Å². The van der Waals surface area contributed by atoms with Gasteiger partial charge in [0.15, 0.2) is 0 Å². The molecule has 4 nitrogen and oxygen atoms in total. The van der Waals surface area contributed by atoms with Crippen molar-refractivity contribution in [3.63, 3.8) is 0 Å². The van der Waals surface area contributed by atoms with Crippen molar-refractivity contribution in [3.05, 3.63) is 58.6 Å². The Labute approximate surface area is 129 Å². The summed E-state index contributed by atoms with van der Waals surface area (Å²) >= 11 is 6.91. The highest BCUT2D eigenvalue weighted by molar-refractivity contribution is 7.17. The Bertz CT molecular complexity index is 785. The van der Waals surface area contributed by atoms with Crippen LogP contribution in [0.25, 0.3) is 22.0 Å². The number of carboxylic acid groups (broad SMARTS) is 1. The van der Waals surface area contributed by atoms with Crippen LogP contribution in [-0.2, 0) is 0 Å². The predicted molar refractivity (Wildman–Crippen MR) is 82.8 cm³/mol. The second kappa shape index (κ2) is 5.63. The molecule has 2 aromatic heterocycles. The Hall–Kier alpha value is -2.24. The van der Waals surface area contributed by atoms with E-state index in [1.54, 1.807) is 12.1 Å². The van der Waals surface area contributed by atoms with Crippen molar-refractivity contribution in [1.82, 2.24) is 9.97 Å². The first kappa shape index (κ1) is 13.7. The summed E-state index contributed by atoms with van der Waals surface area (Å²) in [4.78, 5) is 20.2. The number of halogens is 1. The van der Waals surface area contributed by atoms with Gasteiger partial charge in [-0.25, -0.2) is 9.78 Å². The molecule has 1 N–H and O–H groups in total. The van der Waals surface area contributed by atoms with E-state index in [0.29, 0.717) is 21.4 Å². The van der Waals surface area contributed by atoms with Gasteiger partial charge in [-0.1, -0.05) is 41.9 Å². The van der Waals surface area contributed by atoms with Crippen LogP contribution in [0.4, 0.5) is 0 Å².